The van der Waals surface area contributed by atoms with Gasteiger partial charge in [-0.15, -0.1) is 0 Å². The second-order valence-corrected chi connectivity index (χ2v) is 9.69. The molecule has 3 rings (SSSR count). The Morgan fingerprint density at radius 3 is 2.20 bits per heavy atom. The van der Waals surface area contributed by atoms with Gasteiger partial charge in [0.2, 0.25) is 0 Å². The quantitative estimate of drug-likeness (QED) is 0.486. The molecule has 0 aromatic carbocycles. The van der Waals surface area contributed by atoms with Crippen LogP contribution in [0, 0.1) is 22.1 Å². The summed E-state index contributed by atoms with van der Waals surface area (Å²) >= 11 is 3.29. The average Bonchev–Trinajstić information content (AvgIpc) is 2.55. The lowest BCUT2D eigenvalue weighted by Crippen LogP contribution is -2.37. The van der Waals surface area contributed by atoms with Crippen LogP contribution in [0.2, 0.25) is 0 Å². The standard InChI is InChI=1S/C22H27BrFN/c1-20(2)16-10-8-7-9-14(19-18(24)12-15(23)13-25-19)11-17(16)21(3,4)22(20,5)6/h9-13H,7-8H2,1-6H3/b14-9-,16-10?,17-11?. The number of nitrogens with zero attached hydrogens (tertiary/aromatic N) is 1. The van der Waals surface area contributed by atoms with Crippen LogP contribution in [0.4, 0.5) is 4.39 Å². The summed E-state index contributed by atoms with van der Waals surface area (Å²) in [7, 11) is 0. The number of halogens is 2. The van der Waals surface area contributed by atoms with Crippen molar-refractivity contribution in [1.82, 2.24) is 4.98 Å². The van der Waals surface area contributed by atoms with Crippen LogP contribution in [-0.2, 0) is 0 Å². The molecule has 0 spiro atoms. The molecule has 1 heterocycles. The Morgan fingerprint density at radius 2 is 1.56 bits per heavy atom. The van der Waals surface area contributed by atoms with E-state index in [4.69, 9.17) is 0 Å². The molecular formula is C22H27BrFN. The number of aromatic nitrogens is 1. The van der Waals surface area contributed by atoms with E-state index in [0.29, 0.717) is 10.2 Å². The lowest BCUT2D eigenvalue weighted by molar-refractivity contribution is 0.0751. The lowest BCUT2D eigenvalue weighted by atomic mass is 9.60. The highest BCUT2D eigenvalue weighted by Crippen LogP contribution is 2.67. The molecule has 1 fully saturated rings. The van der Waals surface area contributed by atoms with Gasteiger partial charge >= 0.3 is 0 Å². The van der Waals surface area contributed by atoms with Crippen molar-refractivity contribution in [1.29, 1.82) is 0 Å². The van der Waals surface area contributed by atoms with Crippen LogP contribution in [0.1, 0.15) is 60.1 Å². The predicted octanol–water partition coefficient (Wildman–Crippen LogP) is 7.11. The third kappa shape index (κ3) is 2.66. The van der Waals surface area contributed by atoms with Crippen LogP contribution >= 0.6 is 15.9 Å². The van der Waals surface area contributed by atoms with Crippen molar-refractivity contribution in [2.45, 2.75) is 54.4 Å². The fourth-order valence-electron chi connectivity index (χ4n) is 4.22. The van der Waals surface area contributed by atoms with E-state index in [1.54, 1.807) is 6.20 Å². The zero-order valence-electron chi connectivity index (χ0n) is 16.0. The smallest absolute Gasteiger partial charge is 0.150 e. The SMILES string of the molecule is CC1(C)C2=CCC/C=C(\c3ncc(Br)cc3F)C=C2C(C)(C)C1(C)C. The molecule has 25 heavy (non-hydrogen) atoms. The summed E-state index contributed by atoms with van der Waals surface area (Å²) in [6.07, 6.45) is 10.2. The van der Waals surface area contributed by atoms with Gasteiger partial charge in [-0.05, 0) is 73.9 Å². The summed E-state index contributed by atoms with van der Waals surface area (Å²) in [6, 6.07) is 1.49. The molecule has 0 aliphatic heterocycles. The first-order valence-electron chi connectivity index (χ1n) is 8.95. The van der Waals surface area contributed by atoms with Crippen LogP contribution in [0.3, 0.4) is 0 Å². The number of pyridine rings is 1. The minimum Gasteiger partial charge on any atom is -0.252 e. The van der Waals surface area contributed by atoms with E-state index in [1.807, 2.05) is 0 Å². The Morgan fingerprint density at radius 1 is 0.960 bits per heavy atom. The Hall–Kier alpha value is -1.22. The highest BCUT2D eigenvalue weighted by Gasteiger charge is 2.58. The van der Waals surface area contributed by atoms with Gasteiger partial charge < -0.3 is 0 Å². The summed E-state index contributed by atoms with van der Waals surface area (Å²) in [5.74, 6) is -0.280. The molecule has 0 amide bonds. The fraction of sp³-hybridized carbons (Fsp3) is 0.500. The van der Waals surface area contributed by atoms with Gasteiger partial charge in [-0.3, -0.25) is 4.98 Å². The van der Waals surface area contributed by atoms with Crippen LogP contribution in [-0.4, -0.2) is 4.98 Å². The van der Waals surface area contributed by atoms with E-state index in [0.717, 1.165) is 18.4 Å². The second kappa shape index (κ2) is 5.90. The summed E-state index contributed by atoms with van der Waals surface area (Å²) < 4.78 is 15.2. The first-order valence-corrected chi connectivity index (χ1v) is 9.74. The van der Waals surface area contributed by atoms with Gasteiger partial charge in [0.15, 0.2) is 5.82 Å². The Balaban J connectivity index is 2.21. The maximum Gasteiger partial charge on any atom is 0.150 e. The van der Waals surface area contributed by atoms with Gasteiger partial charge in [-0.1, -0.05) is 53.7 Å². The zero-order chi connectivity index (χ0) is 18.6. The minimum absolute atomic E-state index is 0.00932. The van der Waals surface area contributed by atoms with Gasteiger partial charge in [-0.25, -0.2) is 4.39 Å². The first kappa shape index (κ1) is 18.6. The first-order chi connectivity index (χ1) is 11.5. The van der Waals surface area contributed by atoms with Crippen LogP contribution in [0.5, 0.6) is 0 Å². The zero-order valence-corrected chi connectivity index (χ0v) is 17.6. The number of allylic oxidation sites excluding steroid dienone is 6. The van der Waals surface area contributed by atoms with Gasteiger partial charge in [-0.2, -0.15) is 0 Å². The van der Waals surface area contributed by atoms with Crippen LogP contribution in [0.15, 0.2) is 46.1 Å². The third-order valence-corrected chi connectivity index (χ3v) is 7.46. The molecule has 0 saturated heterocycles. The molecule has 1 aromatic heterocycles. The normalized spacial score (nSPS) is 25.8. The summed E-state index contributed by atoms with van der Waals surface area (Å²) in [6.45, 7) is 14.0. The third-order valence-electron chi connectivity index (χ3n) is 7.02. The minimum atomic E-state index is -0.280. The van der Waals surface area contributed by atoms with E-state index in [1.165, 1.54) is 17.2 Å². The molecular weight excluding hydrogens is 377 g/mol. The highest BCUT2D eigenvalue weighted by atomic mass is 79.9. The predicted molar refractivity (Wildman–Crippen MR) is 107 cm³/mol. The van der Waals surface area contributed by atoms with Gasteiger partial charge in [0, 0.05) is 10.7 Å². The molecule has 0 N–H and O–H groups in total. The van der Waals surface area contributed by atoms with E-state index >= 15 is 0 Å². The van der Waals surface area contributed by atoms with E-state index in [9.17, 15) is 4.39 Å². The van der Waals surface area contributed by atoms with Crippen molar-refractivity contribution >= 4 is 21.5 Å². The molecule has 134 valence electrons. The Kier molecular flexibility index (Phi) is 4.39. The Labute approximate surface area is 159 Å². The summed E-state index contributed by atoms with van der Waals surface area (Å²) in [5, 5.41) is 0. The summed E-state index contributed by atoms with van der Waals surface area (Å²) in [5.41, 5.74) is 4.21. The molecule has 2 aliphatic carbocycles. The van der Waals surface area contributed by atoms with Gasteiger partial charge in [0.05, 0.1) is 0 Å². The highest BCUT2D eigenvalue weighted by molar-refractivity contribution is 9.10. The molecule has 0 bridgehead atoms. The molecule has 0 atom stereocenters. The topological polar surface area (TPSA) is 12.9 Å². The van der Waals surface area contributed by atoms with Crippen molar-refractivity contribution in [3.8, 4) is 0 Å². The largest absolute Gasteiger partial charge is 0.252 e. The lowest BCUT2D eigenvalue weighted by Gasteiger charge is -2.43. The average molecular weight is 404 g/mol. The van der Waals surface area contributed by atoms with Crippen molar-refractivity contribution in [3.05, 3.63) is 57.6 Å². The van der Waals surface area contributed by atoms with Crippen LogP contribution in [0.25, 0.3) is 5.57 Å². The fourth-order valence-corrected chi connectivity index (χ4v) is 4.53. The number of rotatable bonds is 1. The molecule has 0 radical (unpaired) electrons. The van der Waals surface area contributed by atoms with Gasteiger partial charge in [0.1, 0.15) is 5.69 Å². The number of fused-ring (bicyclic) bond motifs is 1. The molecule has 2 aliphatic rings. The molecule has 3 heteroatoms. The monoisotopic (exact) mass is 403 g/mol. The van der Waals surface area contributed by atoms with Crippen LogP contribution < -0.4 is 0 Å². The molecule has 1 saturated carbocycles. The maximum atomic E-state index is 14.5. The molecule has 0 unspecified atom stereocenters. The second-order valence-electron chi connectivity index (χ2n) is 8.77. The molecule has 1 nitrogen and oxygen atoms in total. The van der Waals surface area contributed by atoms with Crippen molar-refractivity contribution < 1.29 is 4.39 Å². The maximum absolute atomic E-state index is 14.5. The van der Waals surface area contributed by atoms with Crippen molar-refractivity contribution in [2.24, 2.45) is 16.2 Å². The van der Waals surface area contributed by atoms with E-state index in [2.05, 4.69) is 80.7 Å². The van der Waals surface area contributed by atoms with E-state index in [-0.39, 0.29) is 22.1 Å². The van der Waals surface area contributed by atoms with Gasteiger partial charge in [0.25, 0.3) is 0 Å². The number of hydrogen-bond donors (Lipinski definition) is 0. The number of hydrogen-bond acceptors (Lipinski definition) is 1. The van der Waals surface area contributed by atoms with Crippen molar-refractivity contribution in [2.75, 3.05) is 0 Å². The molecule has 1 aromatic rings. The summed E-state index contributed by atoms with van der Waals surface area (Å²) in [4.78, 5) is 4.35. The van der Waals surface area contributed by atoms with E-state index < -0.39 is 0 Å². The van der Waals surface area contributed by atoms with Crippen molar-refractivity contribution in [3.63, 3.8) is 0 Å². The Bertz CT molecular complexity index is 809.